The first kappa shape index (κ1) is 25.4. The molecule has 4 rings (SSSR count). The van der Waals surface area contributed by atoms with Crippen LogP contribution in [-0.2, 0) is 19.1 Å². The number of ether oxygens (including phenoxy) is 1. The molecule has 3 saturated heterocycles. The topological polar surface area (TPSA) is 82.2 Å². The zero-order valence-electron chi connectivity index (χ0n) is 21.0. The Morgan fingerprint density at radius 3 is 2.31 bits per heavy atom. The van der Waals surface area contributed by atoms with Gasteiger partial charge in [-0.05, 0) is 57.4 Å². The zero-order chi connectivity index (χ0) is 25.2. The first-order valence-electron chi connectivity index (χ1n) is 12.6. The third kappa shape index (κ3) is 5.77. The second-order valence-electron chi connectivity index (χ2n) is 10.7. The number of benzene rings is 1. The standard InChI is InChI=1S/C26H37FN4O4/c1-19(32)28-25(2,3)23(33)31-12-9-26(10-13-31)18-22(35-24(26)34)8-11-29-14-16-30(17-15-29)21-6-4-20(27)5-7-21/h4-7,22H,8-18H2,1-3H3,(H,28,32)/t22-/m0/s1. The van der Waals surface area contributed by atoms with Crippen molar-refractivity contribution < 1.29 is 23.5 Å². The maximum Gasteiger partial charge on any atom is 0.312 e. The van der Waals surface area contributed by atoms with Gasteiger partial charge in [-0.1, -0.05) is 0 Å². The van der Waals surface area contributed by atoms with E-state index in [0.717, 1.165) is 44.8 Å². The van der Waals surface area contributed by atoms with Gasteiger partial charge in [0, 0.05) is 64.8 Å². The van der Waals surface area contributed by atoms with Gasteiger partial charge in [0.2, 0.25) is 11.8 Å². The fourth-order valence-electron chi connectivity index (χ4n) is 5.64. The Hall–Kier alpha value is -2.68. The lowest BCUT2D eigenvalue weighted by atomic mass is 9.75. The molecule has 2 amide bonds. The van der Waals surface area contributed by atoms with Gasteiger partial charge in [-0.15, -0.1) is 0 Å². The van der Waals surface area contributed by atoms with Crippen molar-refractivity contribution in [3.05, 3.63) is 30.1 Å². The molecule has 0 unspecified atom stereocenters. The minimum absolute atomic E-state index is 0.0873. The molecule has 8 nitrogen and oxygen atoms in total. The van der Waals surface area contributed by atoms with E-state index in [9.17, 15) is 18.8 Å². The number of nitrogens with zero attached hydrogens (tertiary/aromatic N) is 3. The average molecular weight is 489 g/mol. The average Bonchev–Trinajstić information content (AvgIpc) is 3.12. The molecule has 192 valence electrons. The van der Waals surface area contributed by atoms with Crippen molar-refractivity contribution in [3.8, 4) is 0 Å². The lowest BCUT2D eigenvalue weighted by molar-refractivity contribution is -0.153. The van der Waals surface area contributed by atoms with Crippen molar-refractivity contribution in [1.29, 1.82) is 0 Å². The number of carbonyl (C=O) groups is 3. The van der Waals surface area contributed by atoms with Gasteiger partial charge in [-0.25, -0.2) is 4.39 Å². The number of carbonyl (C=O) groups excluding carboxylic acids is 3. The summed E-state index contributed by atoms with van der Waals surface area (Å²) in [4.78, 5) is 43.6. The van der Waals surface area contributed by atoms with Gasteiger partial charge in [0.05, 0.1) is 5.41 Å². The van der Waals surface area contributed by atoms with Crippen LogP contribution in [0.25, 0.3) is 0 Å². The summed E-state index contributed by atoms with van der Waals surface area (Å²) in [5.74, 6) is -0.708. The Morgan fingerprint density at radius 1 is 1.09 bits per heavy atom. The number of esters is 1. The minimum Gasteiger partial charge on any atom is -0.462 e. The third-order valence-corrected chi connectivity index (χ3v) is 7.69. The summed E-state index contributed by atoms with van der Waals surface area (Å²) >= 11 is 0. The summed E-state index contributed by atoms with van der Waals surface area (Å²) in [6.07, 6.45) is 2.62. The van der Waals surface area contributed by atoms with Gasteiger partial charge in [0.15, 0.2) is 0 Å². The Labute approximate surface area is 206 Å². The maximum absolute atomic E-state index is 13.2. The van der Waals surface area contributed by atoms with Gasteiger partial charge >= 0.3 is 5.97 Å². The van der Waals surface area contributed by atoms with Crippen LogP contribution in [0.5, 0.6) is 0 Å². The predicted octanol–water partition coefficient (Wildman–Crippen LogP) is 2.18. The van der Waals surface area contributed by atoms with Crippen molar-refractivity contribution >= 4 is 23.5 Å². The van der Waals surface area contributed by atoms with E-state index in [1.54, 1.807) is 18.7 Å². The highest BCUT2D eigenvalue weighted by Gasteiger charge is 2.51. The molecule has 1 atom stereocenters. The number of rotatable bonds is 6. The molecular weight excluding hydrogens is 451 g/mol. The predicted molar refractivity (Wildman–Crippen MR) is 130 cm³/mol. The number of piperazine rings is 1. The number of likely N-dealkylation sites (tertiary alicyclic amines) is 1. The molecule has 0 bridgehead atoms. The fraction of sp³-hybridized carbons (Fsp3) is 0.654. The van der Waals surface area contributed by atoms with Crippen LogP contribution in [0.3, 0.4) is 0 Å². The van der Waals surface area contributed by atoms with Crippen LogP contribution in [0, 0.1) is 11.2 Å². The SMILES string of the molecule is CC(=O)NC(C)(C)C(=O)N1CCC2(CC1)C[C@H](CCN1CCN(c3ccc(F)cc3)CC1)OC2=O. The Morgan fingerprint density at radius 2 is 1.71 bits per heavy atom. The molecule has 0 saturated carbocycles. The van der Waals surface area contributed by atoms with Gasteiger partial charge < -0.3 is 19.9 Å². The molecule has 1 spiro atoms. The molecule has 3 aliphatic rings. The molecular formula is C26H37FN4O4. The number of cyclic esters (lactones) is 1. The van der Waals surface area contributed by atoms with Crippen molar-refractivity contribution in [2.24, 2.45) is 5.41 Å². The van der Waals surface area contributed by atoms with Gasteiger partial charge in [0.25, 0.3) is 0 Å². The first-order valence-corrected chi connectivity index (χ1v) is 12.6. The van der Waals surface area contributed by atoms with E-state index in [2.05, 4.69) is 15.1 Å². The zero-order valence-corrected chi connectivity index (χ0v) is 21.0. The summed E-state index contributed by atoms with van der Waals surface area (Å²) in [6, 6.07) is 6.64. The van der Waals surface area contributed by atoms with Crippen LogP contribution in [-0.4, -0.2) is 85.0 Å². The van der Waals surface area contributed by atoms with Crippen LogP contribution in [0.2, 0.25) is 0 Å². The number of amides is 2. The molecule has 1 N–H and O–H groups in total. The smallest absolute Gasteiger partial charge is 0.312 e. The molecule has 9 heteroatoms. The number of nitrogens with one attached hydrogen (secondary N) is 1. The number of anilines is 1. The van der Waals surface area contributed by atoms with E-state index in [1.807, 2.05) is 12.1 Å². The van der Waals surface area contributed by atoms with E-state index >= 15 is 0 Å². The Balaban J connectivity index is 1.22. The van der Waals surface area contributed by atoms with E-state index in [-0.39, 0.29) is 29.7 Å². The quantitative estimate of drug-likeness (QED) is 0.619. The summed E-state index contributed by atoms with van der Waals surface area (Å²) in [5, 5.41) is 2.71. The Kier molecular flexibility index (Phi) is 7.35. The lowest BCUT2D eigenvalue weighted by Gasteiger charge is -2.40. The highest BCUT2D eigenvalue weighted by Crippen LogP contribution is 2.44. The van der Waals surface area contributed by atoms with Crippen LogP contribution in [0.15, 0.2) is 24.3 Å². The van der Waals surface area contributed by atoms with Crippen molar-refractivity contribution in [3.63, 3.8) is 0 Å². The highest BCUT2D eigenvalue weighted by atomic mass is 19.1. The molecule has 35 heavy (non-hydrogen) atoms. The molecule has 3 heterocycles. The molecule has 1 aromatic carbocycles. The van der Waals surface area contributed by atoms with Crippen molar-refractivity contribution in [2.75, 3.05) is 50.7 Å². The molecule has 1 aromatic rings. The van der Waals surface area contributed by atoms with Crippen LogP contribution in [0.1, 0.15) is 46.5 Å². The summed E-state index contributed by atoms with van der Waals surface area (Å²) in [6.45, 7) is 10.3. The van der Waals surface area contributed by atoms with Crippen molar-refractivity contribution in [2.45, 2.75) is 58.1 Å². The molecule has 0 aromatic heterocycles. The van der Waals surface area contributed by atoms with Crippen LogP contribution >= 0.6 is 0 Å². The molecule has 3 fully saturated rings. The van der Waals surface area contributed by atoms with E-state index in [1.165, 1.54) is 19.1 Å². The molecule has 0 aliphatic carbocycles. The van der Waals surface area contributed by atoms with Gasteiger partial charge in [-0.3, -0.25) is 19.3 Å². The monoisotopic (exact) mass is 488 g/mol. The van der Waals surface area contributed by atoms with Gasteiger partial charge in [-0.2, -0.15) is 0 Å². The highest BCUT2D eigenvalue weighted by molar-refractivity contribution is 5.90. The second kappa shape index (κ2) is 10.1. The van der Waals surface area contributed by atoms with E-state index in [4.69, 9.17) is 4.74 Å². The number of hydrogen-bond acceptors (Lipinski definition) is 6. The third-order valence-electron chi connectivity index (χ3n) is 7.69. The minimum atomic E-state index is -0.963. The second-order valence-corrected chi connectivity index (χ2v) is 10.7. The summed E-state index contributed by atoms with van der Waals surface area (Å²) < 4.78 is 19.0. The van der Waals surface area contributed by atoms with Crippen LogP contribution < -0.4 is 10.2 Å². The first-order chi connectivity index (χ1) is 16.6. The van der Waals surface area contributed by atoms with Crippen molar-refractivity contribution in [1.82, 2.24) is 15.1 Å². The number of piperidine rings is 1. The molecule has 0 radical (unpaired) electrons. The van der Waals surface area contributed by atoms with E-state index in [0.29, 0.717) is 32.4 Å². The molecule has 3 aliphatic heterocycles. The summed E-state index contributed by atoms with van der Waals surface area (Å²) in [7, 11) is 0. The fourth-order valence-corrected chi connectivity index (χ4v) is 5.64. The largest absolute Gasteiger partial charge is 0.462 e. The summed E-state index contributed by atoms with van der Waals surface area (Å²) in [5.41, 5.74) is -0.417. The number of halogens is 1. The normalized spacial score (nSPS) is 22.9. The van der Waals surface area contributed by atoms with Gasteiger partial charge in [0.1, 0.15) is 17.5 Å². The lowest BCUT2D eigenvalue weighted by Crippen LogP contribution is -2.58. The van der Waals surface area contributed by atoms with Crippen LogP contribution in [0.4, 0.5) is 10.1 Å². The number of hydrogen-bond donors (Lipinski definition) is 1. The Bertz CT molecular complexity index is 935. The maximum atomic E-state index is 13.2. The van der Waals surface area contributed by atoms with E-state index < -0.39 is 11.0 Å².